The molecule has 0 atom stereocenters. The highest BCUT2D eigenvalue weighted by molar-refractivity contribution is 7.32. The summed E-state index contributed by atoms with van der Waals surface area (Å²) in [5.74, 6) is 0. The molecule has 164 valence electrons. The molecule has 4 aromatic rings. The molecular weight excluding hydrogens is 412 g/mol. The maximum Gasteiger partial charge on any atom is 0.244 e. The molecule has 0 saturated heterocycles. The van der Waals surface area contributed by atoms with Gasteiger partial charge in [-0.3, -0.25) is 0 Å². The lowest BCUT2D eigenvalue weighted by atomic mass is 9.31. The van der Waals surface area contributed by atoms with Crippen LogP contribution in [0.4, 0.5) is 4.32 Å². The van der Waals surface area contributed by atoms with Crippen LogP contribution in [0.2, 0.25) is 0 Å². The number of hydrogen-bond donors (Lipinski definition) is 0. The minimum Gasteiger partial charge on any atom is -0.497 e. The van der Waals surface area contributed by atoms with Gasteiger partial charge in [0.25, 0.3) is 0 Å². The zero-order valence-electron chi connectivity index (χ0n) is 20.1. The summed E-state index contributed by atoms with van der Waals surface area (Å²) in [7, 11) is 2.03. The molecule has 0 aliphatic rings. The summed E-state index contributed by atoms with van der Waals surface area (Å²) in [5.41, 5.74) is 9.16. The predicted octanol–water partition coefficient (Wildman–Crippen LogP) is 5.03. The lowest BCUT2D eigenvalue weighted by Gasteiger charge is -2.39. The second-order valence-electron chi connectivity index (χ2n) is 9.28. The second-order valence-corrected chi connectivity index (χ2v) is 10.4. The Balaban J connectivity index is 2.04. The lowest BCUT2D eigenvalue weighted by Crippen LogP contribution is -2.66. The summed E-state index contributed by atoms with van der Waals surface area (Å²) < 4.78 is 20.9. The van der Waals surface area contributed by atoms with E-state index in [-0.39, 0.29) is 0 Å². The number of aryl methyl sites for hydroxylation is 7. The summed E-state index contributed by atoms with van der Waals surface area (Å²) >= 11 is 1.57. The molecule has 0 saturated carbocycles. The van der Waals surface area contributed by atoms with Crippen molar-refractivity contribution in [3.05, 3.63) is 94.2 Å². The highest BCUT2D eigenvalue weighted by Gasteiger charge is 2.36. The molecule has 0 spiro atoms. The van der Waals surface area contributed by atoms with Crippen LogP contribution in [0.15, 0.2) is 60.8 Å². The lowest BCUT2D eigenvalue weighted by molar-refractivity contribution is -0.660. The molecule has 0 aliphatic carbocycles. The van der Waals surface area contributed by atoms with Crippen LogP contribution in [0.1, 0.15) is 33.4 Å². The Bertz CT molecular complexity index is 1220. The van der Waals surface area contributed by atoms with Crippen LogP contribution in [0.5, 0.6) is 0 Å². The van der Waals surface area contributed by atoms with Gasteiger partial charge in [-0.25, -0.2) is 4.57 Å². The number of rotatable bonds is 4. The molecule has 32 heavy (non-hydrogen) atoms. The number of benzene rings is 2. The van der Waals surface area contributed by atoms with Gasteiger partial charge in [0.2, 0.25) is 12.1 Å². The standard InChI is InChI=1S/C28H31BFNS/c1-18-14-20(3)27(21(4)15-18)29(30,28-22(5)16-19(2)17-23(28)6)26-12-11-25(32-26)24-10-8-9-13-31(24)7/h8-17H,1-7H3. The van der Waals surface area contributed by atoms with Crippen LogP contribution in [-0.2, 0) is 7.05 Å². The third-order valence-corrected chi connectivity index (χ3v) is 7.86. The number of hydrogen-bond acceptors (Lipinski definition) is 1. The van der Waals surface area contributed by atoms with E-state index in [9.17, 15) is 0 Å². The van der Waals surface area contributed by atoms with Crippen LogP contribution in [-0.4, -0.2) is 6.42 Å². The Labute approximate surface area is 195 Å². The van der Waals surface area contributed by atoms with Gasteiger partial charge in [-0.2, -0.15) is 22.3 Å². The first kappa shape index (κ1) is 22.5. The summed E-state index contributed by atoms with van der Waals surface area (Å²) in [6, 6.07) is 18.7. The number of nitrogens with zero attached hydrogens (tertiary/aromatic N) is 1. The van der Waals surface area contributed by atoms with Gasteiger partial charge in [-0.15, -0.1) is 4.78 Å². The van der Waals surface area contributed by atoms with Gasteiger partial charge in [0, 0.05) is 12.1 Å². The first-order valence-corrected chi connectivity index (χ1v) is 12.0. The Kier molecular flexibility index (Phi) is 5.85. The third kappa shape index (κ3) is 3.71. The molecule has 2 aromatic carbocycles. The molecule has 0 aliphatic heterocycles. The van der Waals surface area contributed by atoms with Crippen molar-refractivity contribution in [3.63, 3.8) is 0 Å². The molecular formula is C28H31BFNS. The third-order valence-electron chi connectivity index (χ3n) is 6.60. The Morgan fingerprint density at radius 3 is 1.69 bits per heavy atom. The fraction of sp³-hybridized carbons (Fsp3) is 0.250. The summed E-state index contributed by atoms with van der Waals surface area (Å²) in [6.07, 6.45) is -0.589. The molecule has 0 amide bonds. The zero-order valence-corrected chi connectivity index (χ0v) is 20.9. The van der Waals surface area contributed by atoms with Crippen LogP contribution in [0.3, 0.4) is 0 Å². The smallest absolute Gasteiger partial charge is 0.244 e. The topological polar surface area (TPSA) is 3.88 Å². The number of thiophene rings is 1. The van der Waals surface area contributed by atoms with Crippen molar-refractivity contribution < 1.29 is 8.88 Å². The van der Waals surface area contributed by atoms with Gasteiger partial charge in [0.1, 0.15) is 7.05 Å². The van der Waals surface area contributed by atoms with E-state index in [1.165, 1.54) is 11.1 Å². The molecule has 0 unspecified atom stereocenters. The quantitative estimate of drug-likeness (QED) is 0.308. The van der Waals surface area contributed by atoms with E-state index in [4.69, 9.17) is 0 Å². The average Bonchev–Trinajstić information content (AvgIpc) is 3.17. The predicted molar refractivity (Wildman–Crippen MR) is 138 cm³/mol. The number of aromatic nitrogens is 1. The van der Waals surface area contributed by atoms with Gasteiger partial charge in [-0.1, -0.05) is 63.7 Å². The van der Waals surface area contributed by atoms with E-state index >= 15 is 4.32 Å². The van der Waals surface area contributed by atoms with Gasteiger partial charge < -0.3 is 4.32 Å². The van der Waals surface area contributed by atoms with Gasteiger partial charge in [0.15, 0.2) is 6.20 Å². The molecule has 0 bridgehead atoms. The second kappa shape index (κ2) is 8.33. The van der Waals surface area contributed by atoms with E-state index < -0.39 is 6.42 Å². The van der Waals surface area contributed by atoms with Crippen molar-refractivity contribution >= 4 is 33.5 Å². The Morgan fingerprint density at radius 2 is 1.22 bits per heavy atom. The number of pyridine rings is 1. The highest BCUT2D eigenvalue weighted by atomic mass is 32.1. The van der Waals surface area contributed by atoms with Crippen molar-refractivity contribution in [3.8, 4) is 10.6 Å². The van der Waals surface area contributed by atoms with Crippen LogP contribution < -0.4 is 20.3 Å². The molecule has 2 heterocycles. The van der Waals surface area contributed by atoms with Crippen molar-refractivity contribution in [2.24, 2.45) is 7.05 Å². The van der Waals surface area contributed by atoms with E-state index in [2.05, 4.69) is 82.5 Å². The van der Waals surface area contributed by atoms with Crippen molar-refractivity contribution in [1.29, 1.82) is 0 Å². The van der Waals surface area contributed by atoms with E-state index in [0.717, 1.165) is 48.5 Å². The van der Waals surface area contributed by atoms with E-state index in [0.29, 0.717) is 0 Å². The van der Waals surface area contributed by atoms with Crippen LogP contribution in [0, 0.1) is 41.5 Å². The maximum atomic E-state index is 18.0. The first-order chi connectivity index (χ1) is 15.1. The van der Waals surface area contributed by atoms with Crippen LogP contribution in [0.25, 0.3) is 10.6 Å². The zero-order chi connectivity index (χ0) is 23.2. The largest absolute Gasteiger partial charge is 0.497 e. The molecule has 2 aromatic heterocycles. The van der Waals surface area contributed by atoms with Crippen molar-refractivity contribution in [2.75, 3.05) is 0 Å². The fourth-order valence-corrected chi connectivity index (χ4v) is 6.79. The molecule has 0 radical (unpaired) electrons. The molecule has 4 heteroatoms. The van der Waals surface area contributed by atoms with Crippen molar-refractivity contribution in [2.45, 2.75) is 41.5 Å². The normalized spacial score (nSPS) is 11.8. The molecule has 0 N–H and O–H groups in total. The van der Waals surface area contributed by atoms with E-state index in [1.807, 2.05) is 31.4 Å². The highest BCUT2D eigenvalue weighted by Crippen LogP contribution is 2.26. The maximum absolute atomic E-state index is 18.0. The van der Waals surface area contributed by atoms with Gasteiger partial charge in [0.05, 0.1) is 4.88 Å². The van der Waals surface area contributed by atoms with Crippen LogP contribution >= 0.6 is 11.3 Å². The minimum absolute atomic E-state index is 0.786. The summed E-state index contributed by atoms with van der Waals surface area (Å²) in [6.45, 7) is 12.4. The van der Waals surface area contributed by atoms with Gasteiger partial charge >= 0.3 is 0 Å². The van der Waals surface area contributed by atoms with E-state index in [1.54, 1.807) is 11.3 Å². The molecule has 1 nitrogen and oxygen atoms in total. The molecule has 4 rings (SSSR count). The molecule has 0 fully saturated rings. The Morgan fingerprint density at radius 1 is 0.719 bits per heavy atom. The monoisotopic (exact) mass is 443 g/mol. The first-order valence-electron chi connectivity index (χ1n) is 11.2. The fourth-order valence-electron chi connectivity index (χ4n) is 5.55. The SMILES string of the molecule is Cc1cc(C)c([B-](F)(c2ccc(-c3cccc[n+]3C)s2)c2c(C)cc(C)cc2C)c(C)c1. The minimum atomic E-state index is -2.62. The number of halogens is 1. The average molecular weight is 443 g/mol. The van der Waals surface area contributed by atoms with Gasteiger partial charge in [-0.05, 0) is 53.7 Å². The Hall–Kier alpha value is -2.72. The van der Waals surface area contributed by atoms with Crippen molar-refractivity contribution in [1.82, 2.24) is 0 Å². The summed E-state index contributed by atoms with van der Waals surface area (Å²) in [5, 5.41) is 0. The summed E-state index contributed by atoms with van der Waals surface area (Å²) in [4.78, 5) is 1.08.